The number of aliphatic imine (C=N–C) groups is 1. The lowest BCUT2D eigenvalue weighted by atomic mass is 9.96. The number of anilines is 1. The van der Waals surface area contributed by atoms with Crippen molar-refractivity contribution in [2.45, 2.75) is 51.6 Å². The number of nitrogens with one attached hydrogen (secondary N) is 1. The average molecular weight is 341 g/mol. The van der Waals surface area contributed by atoms with Gasteiger partial charge in [0.2, 0.25) is 5.95 Å². The molecular weight excluding hydrogens is 320 g/mol. The molecule has 0 aliphatic heterocycles. The molecule has 1 fully saturated rings. The van der Waals surface area contributed by atoms with Crippen molar-refractivity contribution in [1.82, 2.24) is 9.97 Å². The van der Waals surface area contributed by atoms with Crippen LogP contribution < -0.4 is 5.32 Å². The van der Waals surface area contributed by atoms with Gasteiger partial charge in [-0.25, -0.2) is 9.98 Å². The van der Waals surface area contributed by atoms with Crippen LogP contribution in [0.1, 0.15) is 45.4 Å². The van der Waals surface area contributed by atoms with Crippen LogP contribution in [-0.2, 0) is 0 Å². The van der Waals surface area contributed by atoms with Gasteiger partial charge in [-0.05, 0) is 48.0 Å². The van der Waals surface area contributed by atoms with Crippen LogP contribution in [0.15, 0.2) is 15.7 Å². The van der Waals surface area contributed by atoms with Gasteiger partial charge in [0.1, 0.15) is 0 Å². The maximum absolute atomic E-state index is 9.51. The van der Waals surface area contributed by atoms with Crippen molar-refractivity contribution in [3.63, 3.8) is 0 Å². The van der Waals surface area contributed by atoms with Gasteiger partial charge >= 0.3 is 0 Å². The topological polar surface area (TPSA) is 70.4 Å². The summed E-state index contributed by atoms with van der Waals surface area (Å²) in [5.41, 5.74) is 1.11. The summed E-state index contributed by atoms with van der Waals surface area (Å²) in [5, 5.41) is 12.7. The number of halogens is 1. The van der Waals surface area contributed by atoms with Crippen molar-refractivity contribution in [1.29, 1.82) is 0 Å². The van der Waals surface area contributed by atoms with Gasteiger partial charge in [0.15, 0.2) is 5.82 Å². The second-order valence-corrected chi connectivity index (χ2v) is 5.91. The van der Waals surface area contributed by atoms with Crippen LogP contribution in [0, 0.1) is 0 Å². The normalized spacial score (nSPS) is 18.9. The number of hydrogen-bond donors (Lipinski definition) is 2. The first-order valence-corrected chi connectivity index (χ1v) is 7.99. The molecular formula is C14H21BrN4O. The smallest absolute Gasteiger partial charge is 0.224 e. The summed E-state index contributed by atoms with van der Waals surface area (Å²) in [6.07, 6.45) is 7.08. The van der Waals surface area contributed by atoms with Crippen molar-refractivity contribution in [2.75, 3.05) is 11.9 Å². The number of aromatic nitrogens is 2. The Morgan fingerprint density at radius 2 is 2.20 bits per heavy atom. The molecule has 0 atom stereocenters. The second kappa shape index (κ2) is 7.69. The molecule has 6 heteroatoms. The van der Waals surface area contributed by atoms with Gasteiger partial charge in [-0.15, -0.1) is 0 Å². The Morgan fingerprint density at radius 1 is 1.45 bits per heavy atom. The lowest BCUT2D eigenvalue weighted by Gasteiger charge is -2.18. The summed E-state index contributed by atoms with van der Waals surface area (Å²) in [7, 11) is 0. The molecule has 1 aromatic heterocycles. The van der Waals surface area contributed by atoms with Crippen LogP contribution >= 0.6 is 15.9 Å². The Balaban J connectivity index is 2.06. The monoisotopic (exact) mass is 340 g/mol. The van der Waals surface area contributed by atoms with E-state index < -0.39 is 0 Å². The van der Waals surface area contributed by atoms with Gasteiger partial charge in [0.25, 0.3) is 0 Å². The first kappa shape index (κ1) is 15.4. The highest BCUT2D eigenvalue weighted by Crippen LogP contribution is 2.26. The number of nitrogens with zero attached hydrogens (tertiary/aromatic N) is 3. The molecule has 2 N–H and O–H groups in total. The van der Waals surface area contributed by atoms with Crippen LogP contribution in [0.2, 0.25) is 0 Å². The molecule has 1 saturated carbocycles. The Hall–Kier alpha value is -1.01. The van der Waals surface area contributed by atoms with E-state index in [1.807, 2.05) is 0 Å². The van der Waals surface area contributed by atoms with Crippen molar-refractivity contribution in [3.8, 4) is 0 Å². The number of hydrogen-bond acceptors (Lipinski definition) is 5. The van der Waals surface area contributed by atoms with Gasteiger partial charge in [-0.1, -0.05) is 13.3 Å². The van der Waals surface area contributed by atoms with Crippen molar-refractivity contribution in [2.24, 2.45) is 4.99 Å². The van der Waals surface area contributed by atoms with Crippen LogP contribution in [-0.4, -0.2) is 33.4 Å². The molecule has 20 heavy (non-hydrogen) atoms. The Morgan fingerprint density at radius 3 is 2.90 bits per heavy atom. The van der Waals surface area contributed by atoms with E-state index in [0.29, 0.717) is 11.8 Å². The standard InChI is InChI=1S/C14H21BrN4O/c1-2-3-8-16-14-17-9-12(15)13(19-14)18-10-4-6-11(20)7-5-10/h9,11,20H,2-8H2,1H3,(H,16,17,19). The molecule has 110 valence electrons. The van der Waals surface area contributed by atoms with Gasteiger partial charge in [0.05, 0.1) is 10.6 Å². The van der Waals surface area contributed by atoms with Crippen LogP contribution in [0.4, 0.5) is 11.8 Å². The lowest BCUT2D eigenvalue weighted by molar-refractivity contribution is 0.152. The minimum absolute atomic E-state index is 0.172. The summed E-state index contributed by atoms with van der Waals surface area (Å²) in [6, 6.07) is 0. The van der Waals surface area contributed by atoms with Gasteiger partial charge < -0.3 is 10.4 Å². The zero-order chi connectivity index (χ0) is 14.4. The Labute approximate surface area is 128 Å². The number of unbranched alkanes of at least 4 members (excludes halogenated alkanes) is 1. The molecule has 0 radical (unpaired) electrons. The Bertz CT molecular complexity index is 468. The highest BCUT2D eigenvalue weighted by molar-refractivity contribution is 9.10. The van der Waals surface area contributed by atoms with Crippen LogP contribution in [0.3, 0.4) is 0 Å². The predicted molar refractivity (Wildman–Crippen MR) is 84.7 cm³/mol. The third-order valence-corrected chi connectivity index (χ3v) is 3.89. The minimum atomic E-state index is -0.172. The van der Waals surface area contributed by atoms with Crippen molar-refractivity contribution >= 4 is 33.4 Å². The first-order chi connectivity index (χ1) is 9.69. The number of rotatable bonds is 5. The zero-order valence-electron chi connectivity index (χ0n) is 11.8. The molecule has 2 rings (SSSR count). The van der Waals surface area contributed by atoms with E-state index in [0.717, 1.165) is 55.3 Å². The molecule has 0 aromatic carbocycles. The second-order valence-electron chi connectivity index (χ2n) is 5.05. The first-order valence-electron chi connectivity index (χ1n) is 7.20. The minimum Gasteiger partial charge on any atom is -0.393 e. The van der Waals surface area contributed by atoms with Gasteiger partial charge in [-0.2, -0.15) is 4.98 Å². The summed E-state index contributed by atoms with van der Waals surface area (Å²) in [6.45, 7) is 3.03. The molecule has 0 saturated heterocycles. The van der Waals surface area contributed by atoms with E-state index in [-0.39, 0.29) is 6.10 Å². The van der Waals surface area contributed by atoms with E-state index in [2.05, 4.69) is 43.1 Å². The van der Waals surface area contributed by atoms with Crippen LogP contribution in [0.5, 0.6) is 0 Å². The molecule has 0 amide bonds. The fraction of sp³-hybridized carbons (Fsp3) is 0.643. The lowest BCUT2D eigenvalue weighted by Crippen LogP contribution is -2.17. The van der Waals surface area contributed by atoms with Crippen molar-refractivity contribution in [3.05, 3.63) is 10.7 Å². The molecule has 0 spiro atoms. The Kier molecular flexibility index (Phi) is 5.91. The van der Waals surface area contributed by atoms with E-state index >= 15 is 0 Å². The third kappa shape index (κ3) is 4.52. The zero-order valence-corrected chi connectivity index (χ0v) is 13.4. The summed E-state index contributed by atoms with van der Waals surface area (Å²) < 4.78 is 0.803. The van der Waals surface area contributed by atoms with E-state index in [4.69, 9.17) is 0 Å². The predicted octanol–water partition coefficient (Wildman–Crippen LogP) is 3.46. The van der Waals surface area contributed by atoms with Gasteiger partial charge in [0, 0.05) is 18.5 Å². The number of aliphatic hydroxyl groups excluding tert-OH is 1. The average Bonchev–Trinajstić information content (AvgIpc) is 2.45. The summed E-state index contributed by atoms with van der Waals surface area (Å²) in [5.74, 6) is 1.29. The number of aliphatic hydroxyl groups is 1. The maximum atomic E-state index is 9.51. The van der Waals surface area contributed by atoms with Gasteiger partial charge in [-0.3, -0.25) is 0 Å². The largest absolute Gasteiger partial charge is 0.393 e. The van der Waals surface area contributed by atoms with Crippen LogP contribution in [0.25, 0.3) is 0 Å². The van der Waals surface area contributed by atoms with E-state index in [9.17, 15) is 5.11 Å². The molecule has 1 aliphatic rings. The molecule has 0 bridgehead atoms. The van der Waals surface area contributed by atoms with E-state index in [1.165, 1.54) is 0 Å². The summed E-state index contributed by atoms with van der Waals surface area (Å²) >= 11 is 3.44. The highest BCUT2D eigenvalue weighted by Gasteiger charge is 2.15. The molecule has 1 heterocycles. The summed E-state index contributed by atoms with van der Waals surface area (Å²) in [4.78, 5) is 13.3. The fourth-order valence-corrected chi connectivity index (χ4v) is 2.38. The third-order valence-electron chi connectivity index (χ3n) is 3.34. The maximum Gasteiger partial charge on any atom is 0.224 e. The quantitative estimate of drug-likeness (QED) is 0.805. The van der Waals surface area contributed by atoms with Crippen molar-refractivity contribution < 1.29 is 5.11 Å². The molecule has 1 aliphatic carbocycles. The molecule has 0 unspecified atom stereocenters. The SMILES string of the molecule is CCCCNc1ncc(Br)c(N=C2CCC(O)CC2)n1. The highest BCUT2D eigenvalue weighted by atomic mass is 79.9. The van der Waals surface area contributed by atoms with E-state index in [1.54, 1.807) is 6.20 Å². The molecule has 5 nitrogen and oxygen atoms in total. The molecule has 1 aromatic rings. The fourth-order valence-electron chi connectivity index (χ4n) is 2.10.